The van der Waals surface area contributed by atoms with Crippen molar-refractivity contribution < 1.29 is 0 Å². The first-order valence-corrected chi connectivity index (χ1v) is 3.25. The Balaban J connectivity index is 2.66. The summed E-state index contributed by atoms with van der Waals surface area (Å²) in [4.78, 5) is 3.69. The maximum Gasteiger partial charge on any atom is 0.0507 e. The van der Waals surface area contributed by atoms with Crippen molar-refractivity contribution in [3.8, 4) is 0 Å². The predicted molar refractivity (Wildman–Crippen MR) is 41.0 cm³/mol. The highest BCUT2D eigenvalue weighted by molar-refractivity contribution is 5.23. The molecule has 0 aromatic heterocycles. The van der Waals surface area contributed by atoms with E-state index in [1.807, 2.05) is 0 Å². The molecule has 0 amide bonds. The first kappa shape index (κ1) is 8.59. The van der Waals surface area contributed by atoms with Gasteiger partial charge < -0.3 is 11.1 Å². The molecule has 54 valence electrons. The molecule has 0 atom stereocenters. The van der Waals surface area contributed by atoms with Crippen molar-refractivity contribution in [3.63, 3.8) is 0 Å². The number of hydrogen-bond donors (Lipinski definition) is 2. The van der Waals surface area contributed by atoms with Crippen LogP contribution in [0.5, 0.6) is 0 Å². The number of hydrogen-bond acceptors (Lipinski definition) is 3. The molecule has 0 aliphatic carbocycles. The van der Waals surface area contributed by atoms with E-state index in [0.29, 0.717) is 0 Å². The second kappa shape index (κ2) is 7.59. The predicted octanol–water partition coefficient (Wildman–Crippen LogP) is -0.375. The van der Waals surface area contributed by atoms with Gasteiger partial charge in [-0.15, -0.1) is 0 Å². The summed E-state index contributed by atoms with van der Waals surface area (Å²) >= 11 is 0. The van der Waals surface area contributed by atoms with Gasteiger partial charge in [0.2, 0.25) is 0 Å². The molecule has 0 fully saturated rings. The molecule has 0 bridgehead atoms. The van der Waals surface area contributed by atoms with Crippen LogP contribution in [-0.2, 0) is 0 Å². The minimum Gasteiger partial charge on any atom is -0.330 e. The summed E-state index contributed by atoms with van der Waals surface area (Å²) in [5.41, 5.74) is 5.27. The highest BCUT2D eigenvalue weighted by atomic mass is 14.9. The van der Waals surface area contributed by atoms with Crippen molar-refractivity contribution in [2.24, 2.45) is 10.7 Å². The number of aliphatic imine (C=N–C) groups is 1. The number of rotatable bonds is 6. The van der Waals surface area contributed by atoms with Gasteiger partial charge in [0.25, 0.3) is 0 Å². The van der Waals surface area contributed by atoms with Crippen LogP contribution in [0.2, 0.25) is 0 Å². The molecule has 3 nitrogen and oxygen atoms in total. The van der Waals surface area contributed by atoms with E-state index in [4.69, 9.17) is 5.73 Å². The van der Waals surface area contributed by atoms with Crippen LogP contribution in [0.4, 0.5) is 0 Å². The lowest BCUT2D eigenvalue weighted by Gasteiger charge is -1.98. The molecular weight excluding hydrogens is 114 g/mol. The second-order valence-electron chi connectivity index (χ2n) is 1.84. The summed E-state index contributed by atoms with van der Waals surface area (Å²) in [5.74, 6) is 0. The lowest BCUT2D eigenvalue weighted by Crippen LogP contribution is -2.20. The van der Waals surface area contributed by atoms with E-state index in [9.17, 15) is 0 Å². The fourth-order valence-electron chi connectivity index (χ4n) is 0.510. The van der Waals surface area contributed by atoms with E-state index < -0.39 is 0 Å². The molecule has 0 unspecified atom stereocenters. The van der Waals surface area contributed by atoms with Crippen molar-refractivity contribution in [3.05, 3.63) is 0 Å². The van der Waals surface area contributed by atoms with Crippen LogP contribution < -0.4 is 11.1 Å². The Hall–Kier alpha value is -0.410. The molecule has 0 saturated heterocycles. The standard InChI is InChI=1S/C6H15N3/c1-8-5-6-9-4-2-3-7/h9H,1-7H2. The fourth-order valence-corrected chi connectivity index (χ4v) is 0.510. The average Bonchev–Trinajstić information content (AvgIpc) is 1.89. The van der Waals surface area contributed by atoms with Crippen LogP contribution >= 0.6 is 0 Å². The number of nitrogens with two attached hydrogens (primary N) is 1. The van der Waals surface area contributed by atoms with Crippen LogP contribution in [0, 0.1) is 0 Å². The quantitative estimate of drug-likeness (QED) is 0.379. The number of nitrogens with zero attached hydrogens (tertiary/aromatic N) is 1. The zero-order chi connectivity index (χ0) is 6.95. The first-order chi connectivity index (χ1) is 4.41. The van der Waals surface area contributed by atoms with E-state index in [-0.39, 0.29) is 0 Å². The van der Waals surface area contributed by atoms with Crippen molar-refractivity contribution in [1.82, 2.24) is 5.32 Å². The third kappa shape index (κ3) is 7.59. The van der Waals surface area contributed by atoms with Gasteiger partial charge in [-0.2, -0.15) is 0 Å². The van der Waals surface area contributed by atoms with E-state index >= 15 is 0 Å². The van der Waals surface area contributed by atoms with Gasteiger partial charge in [0, 0.05) is 6.54 Å². The van der Waals surface area contributed by atoms with Crippen LogP contribution in [0.3, 0.4) is 0 Å². The molecule has 9 heavy (non-hydrogen) atoms. The Morgan fingerprint density at radius 3 is 2.78 bits per heavy atom. The minimum atomic E-state index is 0.758. The van der Waals surface area contributed by atoms with Crippen LogP contribution in [0.25, 0.3) is 0 Å². The largest absolute Gasteiger partial charge is 0.330 e. The highest BCUT2D eigenvalue weighted by Crippen LogP contribution is 1.69. The van der Waals surface area contributed by atoms with Gasteiger partial charge in [-0.3, -0.25) is 4.99 Å². The Kier molecular flexibility index (Phi) is 7.24. The molecule has 0 aliphatic heterocycles. The molecule has 0 saturated carbocycles. The lowest BCUT2D eigenvalue weighted by atomic mass is 10.4. The molecule has 0 heterocycles. The van der Waals surface area contributed by atoms with E-state index in [0.717, 1.165) is 32.6 Å². The van der Waals surface area contributed by atoms with Crippen molar-refractivity contribution in [2.45, 2.75) is 6.42 Å². The Morgan fingerprint density at radius 2 is 2.22 bits per heavy atom. The van der Waals surface area contributed by atoms with Crippen LogP contribution in [0.1, 0.15) is 6.42 Å². The third-order valence-electron chi connectivity index (χ3n) is 1.00. The molecule has 3 heteroatoms. The smallest absolute Gasteiger partial charge is 0.0507 e. The monoisotopic (exact) mass is 129 g/mol. The lowest BCUT2D eigenvalue weighted by molar-refractivity contribution is 0.660. The minimum absolute atomic E-state index is 0.758. The summed E-state index contributed by atoms with van der Waals surface area (Å²) in [6, 6.07) is 0. The van der Waals surface area contributed by atoms with Crippen LogP contribution in [-0.4, -0.2) is 32.9 Å². The maximum absolute atomic E-state index is 5.27. The Labute approximate surface area is 56.3 Å². The molecule has 0 spiro atoms. The summed E-state index contributed by atoms with van der Waals surface area (Å²) in [6.45, 7) is 6.83. The van der Waals surface area contributed by atoms with Gasteiger partial charge in [-0.25, -0.2) is 0 Å². The summed E-state index contributed by atoms with van der Waals surface area (Å²) < 4.78 is 0. The fraction of sp³-hybridized carbons (Fsp3) is 0.833. The number of nitrogens with one attached hydrogen (secondary N) is 1. The Morgan fingerprint density at radius 1 is 1.44 bits per heavy atom. The highest BCUT2D eigenvalue weighted by Gasteiger charge is 1.82. The van der Waals surface area contributed by atoms with Gasteiger partial charge in [-0.1, -0.05) is 0 Å². The topological polar surface area (TPSA) is 50.4 Å². The molecule has 0 aliphatic rings. The summed E-state index contributed by atoms with van der Waals surface area (Å²) in [5, 5.41) is 3.17. The van der Waals surface area contributed by atoms with Crippen molar-refractivity contribution in [2.75, 3.05) is 26.2 Å². The first-order valence-electron chi connectivity index (χ1n) is 3.25. The summed E-state index contributed by atoms with van der Waals surface area (Å²) in [6.07, 6.45) is 1.04. The van der Waals surface area contributed by atoms with Crippen LogP contribution in [0.15, 0.2) is 4.99 Å². The normalized spacial score (nSPS) is 9.44. The molecular formula is C6H15N3. The van der Waals surface area contributed by atoms with Gasteiger partial charge in [0.05, 0.1) is 6.54 Å². The zero-order valence-corrected chi connectivity index (χ0v) is 5.77. The molecule has 0 aromatic rings. The SMILES string of the molecule is C=NCCNCCCN. The summed E-state index contributed by atoms with van der Waals surface area (Å²) in [7, 11) is 0. The van der Waals surface area contributed by atoms with Gasteiger partial charge in [0.1, 0.15) is 0 Å². The van der Waals surface area contributed by atoms with E-state index in [1.54, 1.807) is 0 Å². The Bertz CT molecular complexity index is 63.3. The molecule has 3 N–H and O–H groups in total. The third-order valence-corrected chi connectivity index (χ3v) is 1.00. The van der Waals surface area contributed by atoms with Gasteiger partial charge >= 0.3 is 0 Å². The average molecular weight is 129 g/mol. The van der Waals surface area contributed by atoms with Gasteiger partial charge in [-0.05, 0) is 26.2 Å². The maximum atomic E-state index is 5.27. The van der Waals surface area contributed by atoms with E-state index in [2.05, 4.69) is 17.0 Å². The zero-order valence-electron chi connectivity index (χ0n) is 5.77. The molecule has 0 radical (unpaired) electrons. The molecule has 0 aromatic carbocycles. The van der Waals surface area contributed by atoms with Gasteiger partial charge in [0.15, 0.2) is 0 Å². The second-order valence-corrected chi connectivity index (χ2v) is 1.84. The van der Waals surface area contributed by atoms with Crippen molar-refractivity contribution in [1.29, 1.82) is 0 Å². The molecule has 0 rings (SSSR count). The van der Waals surface area contributed by atoms with E-state index in [1.165, 1.54) is 0 Å². The van der Waals surface area contributed by atoms with Crippen molar-refractivity contribution >= 4 is 6.72 Å².